The number of carbonyl (C=O) groups is 2. The molecule has 2 aromatic carbocycles. The maximum Gasteiger partial charge on any atom is 0.263 e. The number of carbonyl (C=O) groups excluding carboxylic acids is 2. The van der Waals surface area contributed by atoms with Crippen LogP contribution >= 0.6 is 22.7 Å². The molecule has 0 saturated heterocycles. The second-order valence-corrected chi connectivity index (χ2v) is 11.3. The van der Waals surface area contributed by atoms with Gasteiger partial charge >= 0.3 is 0 Å². The number of halogens is 1. The van der Waals surface area contributed by atoms with Crippen molar-refractivity contribution in [3.05, 3.63) is 77.2 Å². The van der Waals surface area contributed by atoms with E-state index in [1.165, 1.54) is 12.1 Å². The number of sulfone groups is 1. The Morgan fingerprint density at radius 3 is 2.69 bits per heavy atom. The summed E-state index contributed by atoms with van der Waals surface area (Å²) in [5, 5.41) is 4.46. The number of hydrogen-bond acceptors (Lipinski definition) is 7. The van der Waals surface area contributed by atoms with E-state index in [2.05, 4.69) is 21.9 Å². The Morgan fingerprint density at radius 1 is 1.17 bits per heavy atom. The van der Waals surface area contributed by atoms with E-state index in [4.69, 9.17) is 0 Å². The molecular weight excluding hydrogens is 511 g/mol. The first-order valence-electron chi connectivity index (χ1n) is 10.2. The number of rotatable bonds is 8. The number of aromatic nitrogens is 2. The van der Waals surface area contributed by atoms with Crippen molar-refractivity contribution >= 4 is 59.7 Å². The van der Waals surface area contributed by atoms with Crippen LogP contribution in [0.2, 0.25) is 0 Å². The number of hydrogen-bond donors (Lipinski definition) is 1. The number of amides is 2. The molecule has 4 rings (SSSR count). The number of nitrogens with zero attached hydrogens (tertiary/aromatic N) is 3. The average molecular weight is 531 g/mol. The Morgan fingerprint density at radius 2 is 1.94 bits per heavy atom. The fraction of sp³-hybridized carbons (Fsp3) is 0.130. The molecule has 0 aliphatic rings. The van der Waals surface area contributed by atoms with E-state index in [0.717, 1.165) is 28.2 Å². The quantitative estimate of drug-likeness (QED) is 0.350. The molecule has 2 heterocycles. The molecule has 0 saturated carbocycles. The lowest BCUT2D eigenvalue weighted by atomic mass is 10.2. The van der Waals surface area contributed by atoms with Gasteiger partial charge in [0.1, 0.15) is 17.3 Å². The molecule has 4 aromatic rings. The monoisotopic (exact) mass is 530 g/mol. The van der Waals surface area contributed by atoms with Crippen LogP contribution in [0.15, 0.2) is 71.6 Å². The number of fused-ring (bicyclic) bond motifs is 1. The van der Waals surface area contributed by atoms with Crippen LogP contribution in [-0.4, -0.2) is 41.3 Å². The molecule has 0 spiro atoms. The summed E-state index contributed by atoms with van der Waals surface area (Å²) >= 11 is 2.22. The minimum absolute atomic E-state index is 0.214. The topological polar surface area (TPSA) is 110 Å². The van der Waals surface area contributed by atoms with Crippen LogP contribution in [0.25, 0.3) is 21.5 Å². The van der Waals surface area contributed by atoms with Gasteiger partial charge in [-0.25, -0.2) is 17.8 Å². The zero-order valence-electron chi connectivity index (χ0n) is 18.2. The highest BCUT2D eigenvalue weighted by Gasteiger charge is 2.22. The molecule has 8 nitrogen and oxygen atoms in total. The minimum Gasteiger partial charge on any atom is -0.313 e. The molecule has 12 heteroatoms. The number of benzene rings is 2. The summed E-state index contributed by atoms with van der Waals surface area (Å²) in [6.45, 7) is 3.96. The summed E-state index contributed by atoms with van der Waals surface area (Å²) in [6.07, 6.45) is 1.59. The van der Waals surface area contributed by atoms with Gasteiger partial charge in [-0.15, -0.1) is 17.9 Å². The second-order valence-electron chi connectivity index (χ2n) is 7.39. The number of anilines is 1. The van der Waals surface area contributed by atoms with Crippen LogP contribution in [-0.2, 0) is 26.0 Å². The smallest absolute Gasteiger partial charge is 0.263 e. The number of nitrogens with one attached hydrogen (secondary N) is 1. The summed E-state index contributed by atoms with van der Waals surface area (Å²) in [4.78, 5) is 33.1. The van der Waals surface area contributed by atoms with Crippen LogP contribution in [0, 0.1) is 5.82 Å². The van der Waals surface area contributed by atoms with E-state index in [0.29, 0.717) is 22.5 Å². The van der Waals surface area contributed by atoms with Crippen molar-refractivity contribution in [2.24, 2.45) is 4.99 Å². The Balaban J connectivity index is 1.45. The number of thiazole rings is 2. The lowest BCUT2D eigenvalue weighted by molar-refractivity contribution is -0.115. The van der Waals surface area contributed by atoms with Gasteiger partial charge in [0.2, 0.25) is 5.91 Å². The third kappa shape index (κ3) is 6.15. The van der Waals surface area contributed by atoms with E-state index < -0.39 is 39.0 Å². The molecule has 0 bridgehead atoms. The first-order valence-corrected chi connectivity index (χ1v) is 13.7. The molecule has 2 aromatic heterocycles. The Labute approximate surface area is 208 Å². The molecule has 35 heavy (non-hydrogen) atoms. The maximum atomic E-state index is 13.6. The third-order valence-electron chi connectivity index (χ3n) is 4.69. The molecule has 2 amide bonds. The van der Waals surface area contributed by atoms with Gasteiger partial charge in [-0.2, -0.15) is 4.99 Å². The van der Waals surface area contributed by atoms with Crippen molar-refractivity contribution < 1.29 is 22.4 Å². The summed E-state index contributed by atoms with van der Waals surface area (Å²) in [5.74, 6) is -4.00. The highest BCUT2D eigenvalue weighted by Crippen LogP contribution is 2.24. The Kier molecular flexibility index (Phi) is 7.34. The van der Waals surface area contributed by atoms with E-state index in [1.807, 2.05) is 30.3 Å². The fourth-order valence-corrected chi connectivity index (χ4v) is 6.08. The van der Waals surface area contributed by atoms with Gasteiger partial charge in [-0.1, -0.05) is 47.7 Å². The maximum absolute atomic E-state index is 13.6. The van der Waals surface area contributed by atoms with Gasteiger partial charge < -0.3 is 9.88 Å². The van der Waals surface area contributed by atoms with Crippen molar-refractivity contribution in [3.63, 3.8) is 0 Å². The molecule has 0 aliphatic carbocycles. The lowest BCUT2D eigenvalue weighted by Crippen LogP contribution is -2.28. The summed E-state index contributed by atoms with van der Waals surface area (Å²) in [6, 6.07) is 13.5. The molecule has 1 N–H and O–H groups in total. The van der Waals surface area contributed by atoms with Crippen LogP contribution in [0.3, 0.4) is 0 Å². The SMILES string of the molecule is C=CCn1c(=NC(=O)CS(=O)(=O)CC(=O)Nc2nc(-c3ccccc3)cs2)sc2cc(F)ccc21. The van der Waals surface area contributed by atoms with Gasteiger partial charge in [-0.05, 0) is 18.2 Å². The van der Waals surface area contributed by atoms with E-state index in [-0.39, 0.29) is 9.93 Å². The largest absolute Gasteiger partial charge is 0.313 e. The molecule has 0 radical (unpaired) electrons. The number of allylic oxidation sites excluding steroid dienone is 1. The second kappa shape index (κ2) is 10.4. The lowest BCUT2D eigenvalue weighted by Gasteiger charge is -2.03. The zero-order valence-corrected chi connectivity index (χ0v) is 20.6. The molecule has 0 unspecified atom stereocenters. The third-order valence-corrected chi connectivity index (χ3v) is 7.88. The van der Waals surface area contributed by atoms with E-state index in [9.17, 15) is 22.4 Å². The average Bonchev–Trinajstić information content (AvgIpc) is 3.38. The summed E-state index contributed by atoms with van der Waals surface area (Å²) in [5.41, 5.74) is 2.16. The van der Waals surface area contributed by atoms with Crippen LogP contribution in [0.5, 0.6) is 0 Å². The van der Waals surface area contributed by atoms with Gasteiger partial charge in [0.05, 0.1) is 15.9 Å². The zero-order chi connectivity index (χ0) is 25.0. The van der Waals surface area contributed by atoms with Crippen LogP contribution in [0.4, 0.5) is 9.52 Å². The van der Waals surface area contributed by atoms with Crippen LogP contribution in [0.1, 0.15) is 0 Å². The minimum atomic E-state index is -4.09. The highest BCUT2D eigenvalue weighted by molar-refractivity contribution is 7.92. The van der Waals surface area contributed by atoms with Crippen molar-refractivity contribution in [3.8, 4) is 11.3 Å². The van der Waals surface area contributed by atoms with Gasteiger partial charge in [0.25, 0.3) is 5.91 Å². The van der Waals surface area contributed by atoms with Crippen molar-refractivity contribution in [1.82, 2.24) is 9.55 Å². The van der Waals surface area contributed by atoms with Crippen molar-refractivity contribution in [2.45, 2.75) is 6.54 Å². The van der Waals surface area contributed by atoms with Crippen molar-refractivity contribution in [2.75, 3.05) is 16.8 Å². The van der Waals surface area contributed by atoms with E-state index >= 15 is 0 Å². The molecule has 0 atom stereocenters. The molecular formula is C23H19FN4O4S3. The Hall–Kier alpha value is -3.48. The first kappa shape index (κ1) is 24.6. The van der Waals surface area contributed by atoms with Crippen molar-refractivity contribution in [1.29, 1.82) is 0 Å². The van der Waals surface area contributed by atoms with Gasteiger partial charge in [0, 0.05) is 17.5 Å². The van der Waals surface area contributed by atoms with Gasteiger partial charge in [-0.3, -0.25) is 9.59 Å². The molecule has 0 aliphatic heterocycles. The Bertz CT molecular complexity index is 1590. The summed E-state index contributed by atoms with van der Waals surface area (Å²) < 4.78 is 40.7. The molecule has 0 fully saturated rings. The van der Waals surface area contributed by atoms with E-state index in [1.54, 1.807) is 22.1 Å². The fourth-order valence-electron chi connectivity index (χ4n) is 3.24. The predicted octanol–water partition coefficient (Wildman–Crippen LogP) is 3.63. The van der Waals surface area contributed by atoms with Crippen LogP contribution < -0.4 is 10.1 Å². The van der Waals surface area contributed by atoms with Gasteiger partial charge in [0.15, 0.2) is 19.8 Å². The predicted molar refractivity (Wildman–Crippen MR) is 135 cm³/mol. The highest BCUT2D eigenvalue weighted by atomic mass is 32.2. The first-order chi connectivity index (χ1) is 16.7. The summed E-state index contributed by atoms with van der Waals surface area (Å²) in [7, 11) is -4.09. The normalized spacial score (nSPS) is 12.1. The molecule has 180 valence electrons. The standard InChI is InChI=1S/C23H19FN4O4S3/c1-2-10-28-18-9-8-16(24)11-19(18)34-23(28)27-21(30)14-35(31,32)13-20(29)26-22-25-17(12-33-22)15-6-4-3-5-7-15/h2-9,11-12H,1,10,13-14H2,(H,25,26,29).